The van der Waals surface area contributed by atoms with Crippen LogP contribution in [0.3, 0.4) is 0 Å². The first-order valence-corrected chi connectivity index (χ1v) is 14.4. The van der Waals surface area contributed by atoms with Gasteiger partial charge in [-0.15, -0.1) is 0 Å². The summed E-state index contributed by atoms with van der Waals surface area (Å²) in [4.78, 5) is 18.8. The van der Waals surface area contributed by atoms with Crippen molar-refractivity contribution in [2.45, 2.75) is 17.9 Å². The van der Waals surface area contributed by atoms with Crippen molar-refractivity contribution in [1.29, 1.82) is 0 Å². The van der Waals surface area contributed by atoms with E-state index in [-0.39, 0.29) is 29.4 Å². The number of amidine groups is 1. The largest absolute Gasteiger partial charge is 0.489 e. The Labute approximate surface area is 219 Å². The summed E-state index contributed by atoms with van der Waals surface area (Å²) in [5.74, 6) is 0.828. The predicted octanol–water partition coefficient (Wildman–Crippen LogP) is 4.60. The average molecular weight is 543 g/mol. The Morgan fingerprint density at radius 3 is 2.33 bits per heavy atom. The number of hydrogen-bond acceptors (Lipinski definition) is 6. The standard InChI is InChI=1S/C26H23ClN2O5S2/c27-19-6-10-21(11-7-19)34-15-25(30)28-26-29(23-16-36(31,32)17-24(23)35-26)20-8-12-22(13-9-20)33-14-18-4-2-1-3-5-18/h1-13,23-24H,14-17H2/t23-,24+/m0/s1. The van der Waals surface area contributed by atoms with Crippen molar-refractivity contribution in [3.05, 3.63) is 89.4 Å². The number of nitrogens with zero attached hydrogens (tertiary/aromatic N) is 2. The molecular formula is C26H23ClN2O5S2. The maximum absolute atomic E-state index is 12.6. The number of sulfone groups is 1. The molecule has 0 bridgehead atoms. The molecule has 0 saturated carbocycles. The molecule has 2 atom stereocenters. The Bertz CT molecular complexity index is 1360. The lowest BCUT2D eigenvalue weighted by atomic mass is 10.2. The fourth-order valence-electron chi connectivity index (χ4n) is 4.13. The van der Waals surface area contributed by atoms with E-state index >= 15 is 0 Å². The van der Waals surface area contributed by atoms with Gasteiger partial charge in [-0.1, -0.05) is 53.7 Å². The summed E-state index contributed by atoms with van der Waals surface area (Å²) in [7, 11) is -3.16. The van der Waals surface area contributed by atoms with Crippen molar-refractivity contribution >= 4 is 50.0 Å². The second-order valence-corrected chi connectivity index (χ2v) is 12.3. The molecule has 2 saturated heterocycles. The van der Waals surface area contributed by atoms with E-state index in [0.717, 1.165) is 11.3 Å². The molecule has 2 aliphatic heterocycles. The fourth-order valence-corrected chi connectivity index (χ4v) is 8.18. The average Bonchev–Trinajstić information content (AvgIpc) is 3.34. The molecule has 0 spiro atoms. The molecule has 186 valence electrons. The quantitative estimate of drug-likeness (QED) is 0.431. The zero-order chi connectivity index (χ0) is 25.1. The van der Waals surface area contributed by atoms with E-state index in [1.165, 1.54) is 11.8 Å². The number of anilines is 1. The Morgan fingerprint density at radius 1 is 0.944 bits per heavy atom. The number of thioether (sulfide) groups is 1. The first-order chi connectivity index (χ1) is 17.4. The van der Waals surface area contributed by atoms with E-state index in [2.05, 4.69) is 4.99 Å². The monoisotopic (exact) mass is 542 g/mol. The van der Waals surface area contributed by atoms with Gasteiger partial charge in [0.15, 0.2) is 21.6 Å². The van der Waals surface area contributed by atoms with Gasteiger partial charge in [0.05, 0.1) is 17.5 Å². The highest BCUT2D eigenvalue weighted by molar-refractivity contribution is 8.16. The number of fused-ring (bicyclic) bond motifs is 1. The maximum atomic E-state index is 12.6. The minimum absolute atomic E-state index is 0.0193. The second kappa shape index (κ2) is 10.5. The topological polar surface area (TPSA) is 85.3 Å². The number of aliphatic imine (C=N–C) groups is 1. The van der Waals surface area contributed by atoms with Gasteiger partial charge >= 0.3 is 0 Å². The highest BCUT2D eigenvalue weighted by atomic mass is 35.5. The summed E-state index contributed by atoms with van der Waals surface area (Å²) in [6.07, 6.45) is 0. The Kier molecular flexibility index (Phi) is 7.22. The van der Waals surface area contributed by atoms with Crippen molar-refractivity contribution in [2.24, 2.45) is 4.99 Å². The summed E-state index contributed by atoms with van der Waals surface area (Å²) in [6.45, 7) is 0.205. The molecule has 0 radical (unpaired) electrons. The molecular weight excluding hydrogens is 520 g/mol. The molecule has 1 amide bonds. The smallest absolute Gasteiger partial charge is 0.285 e. The molecule has 0 aliphatic carbocycles. The lowest BCUT2D eigenvalue weighted by molar-refractivity contribution is -0.119. The maximum Gasteiger partial charge on any atom is 0.285 e. The second-order valence-electron chi connectivity index (χ2n) is 8.47. The highest BCUT2D eigenvalue weighted by Crippen LogP contribution is 2.41. The van der Waals surface area contributed by atoms with E-state index < -0.39 is 15.7 Å². The van der Waals surface area contributed by atoms with Crippen LogP contribution >= 0.6 is 23.4 Å². The third-order valence-electron chi connectivity index (χ3n) is 5.83. The number of benzene rings is 3. The first-order valence-electron chi connectivity index (χ1n) is 11.3. The minimum atomic E-state index is -3.16. The summed E-state index contributed by atoms with van der Waals surface area (Å²) in [5, 5.41) is 0.861. The zero-order valence-electron chi connectivity index (χ0n) is 19.1. The van der Waals surface area contributed by atoms with Gasteiger partial charge in [0, 0.05) is 16.0 Å². The number of amides is 1. The van der Waals surface area contributed by atoms with Crippen molar-refractivity contribution < 1.29 is 22.7 Å². The SMILES string of the molecule is O=C(COc1ccc(Cl)cc1)N=C1S[C@@H]2CS(=O)(=O)C[C@@H]2N1c1ccc(OCc2ccccc2)cc1. The molecule has 3 aromatic carbocycles. The Morgan fingerprint density at radius 2 is 1.61 bits per heavy atom. The van der Waals surface area contributed by atoms with Crippen LogP contribution in [0, 0.1) is 0 Å². The lowest BCUT2D eigenvalue weighted by Crippen LogP contribution is -2.37. The van der Waals surface area contributed by atoms with E-state index in [4.69, 9.17) is 21.1 Å². The number of carbonyl (C=O) groups is 1. The summed E-state index contributed by atoms with van der Waals surface area (Å²) >= 11 is 7.20. The van der Waals surface area contributed by atoms with Gasteiger partial charge in [-0.25, -0.2) is 8.42 Å². The molecule has 10 heteroatoms. The van der Waals surface area contributed by atoms with E-state index in [1.54, 1.807) is 24.3 Å². The number of rotatable bonds is 7. The van der Waals surface area contributed by atoms with Crippen LogP contribution in [-0.4, -0.2) is 48.9 Å². The van der Waals surface area contributed by atoms with E-state index in [9.17, 15) is 13.2 Å². The van der Waals surface area contributed by atoms with Gasteiger partial charge in [-0.2, -0.15) is 4.99 Å². The molecule has 3 aromatic rings. The third-order valence-corrected chi connectivity index (χ3v) is 9.29. The molecule has 2 fully saturated rings. The van der Waals surface area contributed by atoms with Crippen molar-refractivity contribution in [1.82, 2.24) is 0 Å². The van der Waals surface area contributed by atoms with Crippen LogP contribution in [0.25, 0.3) is 0 Å². The molecule has 5 rings (SSSR count). The predicted molar refractivity (Wildman–Crippen MR) is 143 cm³/mol. The molecule has 36 heavy (non-hydrogen) atoms. The van der Waals surface area contributed by atoms with Crippen LogP contribution in [0.15, 0.2) is 83.9 Å². The van der Waals surface area contributed by atoms with Gasteiger partial charge in [-0.05, 0) is 54.1 Å². The van der Waals surface area contributed by atoms with Crippen LogP contribution in [-0.2, 0) is 21.2 Å². The molecule has 2 aliphatic rings. The molecule has 0 aromatic heterocycles. The van der Waals surface area contributed by atoms with E-state index in [0.29, 0.717) is 28.3 Å². The minimum Gasteiger partial charge on any atom is -0.489 e. The number of hydrogen-bond donors (Lipinski definition) is 0. The summed E-state index contributed by atoms with van der Waals surface area (Å²) in [5.41, 5.74) is 1.81. The third kappa shape index (κ3) is 5.86. The molecule has 0 unspecified atom stereocenters. The molecule has 7 nitrogen and oxygen atoms in total. The van der Waals surface area contributed by atoms with Gasteiger partial charge < -0.3 is 14.4 Å². The normalized spacial score (nSPS) is 21.4. The van der Waals surface area contributed by atoms with Crippen molar-refractivity contribution in [3.8, 4) is 11.5 Å². The van der Waals surface area contributed by atoms with Crippen molar-refractivity contribution in [3.63, 3.8) is 0 Å². The molecule has 0 N–H and O–H groups in total. The number of ether oxygens (including phenoxy) is 2. The Hall–Kier alpha value is -3.01. The fraction of sp³-hybridized carbons (Fsp3) is 0.231. The van der Waals surface area contributed by atoms with Crippen molar-refractivity contribution in [2.75, 3.05) is 23.0 Å². The van der Waals surface area contributed by atoms with E-state index in [1.807, 2.05) is 59.5 Å². The van der Waals surface area contributed by atoms with Gasteiger partial charge in [0.25, 0.3) is 5.91 Å². The van der Waals surface area contributed by atoms with Gasteiger partial charge in [-0.3, -0.25) is 4.79 Å². The van der Waals surface area contributed by atoms with Crippen LogP contribution < -0.4 is 14.4 Å². The van der Waals surface area contributed by atoms with Crippen LogP contribution in [0.2, 0.25) is 5.02 Å². The molecule has 2 heterocycles. The summed E-state index contributed by atoms with van der Waals surface area (Å²) < 4.78 is 36.0. The van der Waals surface area contributed by atoms with Gasteiger partial charge in [0.1, 0.15) is 18.1 Å². The number of carbonyl (C=O) groups excluding carboxylic acids is 1. The van der Waals surface area contributed by atoms with Crippen LogP contribution in [0.1, 0.15) is 5.56 Å². The summed E-state index contributed by atoms with van der Waals surface area (Å²) in [6, 6.07) is 23.7. The first kappa shape index (κ1) is 24.7. The van der Waals surface area contributed by atoms with Gasteiger partial charge in [0.2, 0.25) is 0 Å². The number of halogens is 1. The zero-order valence-corrected chi connectivity index (χ0v) is 21.5. The van der Waals surface area contributed by atoms with Crippen LogP contribution in [0.5, 0.6) is 11.5 Å². The lowest BCUT2D eigenvalue weighted by Gasteiger charge is -2.24. The van der Waals surface area contributed by atoms with Crippen LogP contribution in [0.4, 0.5) is 5.69 Å². The highest BCUT2D eigenvalue weighted by Gasteiger charge is 2.49. The Balaban J connectivity index is 1.31.